The predicted molar refractivity (Wildman–Crippen MR) is 132 cm³/mol. The molecule has 4 rings (SSSR count). The van der Waals surface area contributed by atoms with Gasteiger partial charge in [0.15, 0.2) is 0 Å². The number of aromatic hydroxyl groups is 1. The summed E-state index contributed by atoms with van der Waals surface area (Å²) >= 11 is 0. The van der Waals surface area contributed by atoms with Gasteiger partial charge in [-0.25, -0.2) is 0 Å². The second-order valence-corrected chi connectivity index (χ2v) is 10.9. The summed E-state index contributed by atoms with van der Waals surface area (Å²) in [5, 5.41) is 11.3. The summed E-state index contributed by atoms with van der Waals surface area (Å²) in [6.07, 6.45) is 14.1. The predicted octanol–water partition coefficient (Wildman–Crippen LogP) is 7.78. The van der Waals surface area contributed by atoms with Crippen LogP contribution in [0, 0.1) is 5.92 Å². The lowest BCUT2D eigenvalue weighted by atomic mass is 9.66. The van der Waals surface area contributed by atoms with Crippen molar-refractivity contribution in [2.75, 3.05) is 0 Å². The minimum Gasteiger partial charge on any atom is -0.508 e. The molecule has 1 aliphatic carbocycles. The van der Waals surface area contributed by atoms with E-state index in [1.54, 1.807) is 0 Å². The number of aromatic nitrogens is 1. The highest BCUT2D eigenvalue weighted by molar-refractivity contribution is 5.68. The zero-order valence-electron chi connectivity index (χ0n) is 20.4. The fourth-order valence-electron chi connectivity index (χ4n) is 5.73. The number of pyridine rings is 1. The highest BCUT2D eigenvalue weighted by Crippen LogP contribution is 2.56. The van der Waals surface area contributed by atoms with Gasteiger partial charge in [0.05, 0.1) is 0 Å². The third-order valence-electron chi connectivity index (χ3n) is 7.79. The van der Waals surface area contributed by atoms with E-state index in [0.717, 1.165) is 30.6 Å². The van der Waals surface area contributed by atoms with Crippen LogP contribution >= 0.6 is 0 Å². The first-order chi connectivity index (χ1) is 15.2. The molecule has 2 aromatic rings. The Bertz CT molecular complexity index is 974. The van der Waals surface area contributed by atoms with Crippen molar-refractivity contribution in [2.45, 2.75) is 96.5 Å². The average molecular weight is 434 g/mol. The van der Waals surface area contributed by atoms with Gasteiger partial charge in [-0.1, -0.05) is 52.5 Å². The molecule has 172 valence electrons. The van der Waals surface area contributed by atoms with E-state index in [1.807, 2.05) is 18.5 Å². The maximum Gasteiger partial charge on any atom is 0.127 e. The standard InChI is InChI=1S/C29H39NO2/c1-6-7-8-9-14-28(2,3)22-18-25(31)27-23-17-21(20-12-15-30-16-13-20)10-11-24(23)29(4,5)32-26(27)19-22/h10,12-13,15-16,18-19,23-24,31H,6-9,11,14,17H2,1-5H3/t23-,24-/m1/s1. The van der Waals surface area contributed by atoms with Crippen molar-refractivity contribution in [2.24, 2.45) is 5.92 Å². The lowest BCUT2D eigenvalue weighted by Crippen LogP contribution is -2.45. The number of hydrogen-bond acceptors (Lipinski definition) is 3. The zero-order chi connectivity index (χ0) is 22.9. The molecule has 2 aliphatic rings. The summed E-state index contributed by atoms with van der Waals surface area (Å²) in [6, 6.07) is 8.40. The monoisotopic (exact) mass is 433 g/mol. The van der Waals surface area contributed by atoms with E-state index in [9.17, 15) is 5.11 Å². The Morgan fingerprint density at radius 1 is 1.12 bits per heavy atom. The van der Waals surface area contributed by atoms with E-state index in [1.165, 1.54) is 42.4 Å². The van der Waals surface area contributed by atoms with Crippen LogP contribution in [0.4, 0.5) is 0 Å². The van der Waals surface area contributed by atoms with E-state index >= 15 is 0 Å². The lowest BCUT2D eigenvalue weighted by molar-refractivity contribution is 0.00910. The fraction of sp³-hybridized carbons (Fsp3) is 0.552. The third-order valence-corrected chi connectivity index (χ3v) is 7.79. The van der Waals surface area contributed by atoms with Crippen LogP contribution in [0.1, 0.15) is 102 Å². The van der Waals surface area contributed by atoms with Crippen molar-refractivity contribution >= 4 is 5.57 Å². The molecule has 0 radical (unpaired) electrons. The number of benzene rings is 1. The molecule has 2 atom stereocenters. The van der Waals surface area contributed by atoms with Crippen LogP contribution in [-0.4, -0.2) is 15.7 Å². The summed E-state index contributed by atoms with van der Waals surface area (Å²) in [5.41, 5.74) is 4.50. The minimum absolute atomic E-state index is 0.0132. The van der Waals surface area contributed by atoms with Crippen LogP contribution in [0.5, 0.6) is 11.5 Å². The highest BCUT2D eigenvalue weighted by Gasteiger charge is 2.46. The van der Waals surface area contributed by atoms with E-state index in [2.05, 4.69) is 63.9 Å². The van der Waals surface area contributed by atoms with Gasteiger partial charge >= 0.3 is 0 Å². The maximum absolute atomic E-state index is 11.3. The number of rotatable bonds is 7. The number of allylic oxidation sites excluding steroid dienone is 2. The number of unbranched alkanes of at least 4 members (excludes halogenated alkanes) is 3. The molecule has 0 fully saturated rings. The average Bonchev–Trinajstić information content (AvgIpc) is 2.76. The summed E-state index contributed by atoms with van der Waals surface area (Å²) in [5.74, 6) is 1.88. The van der Waals surface area contributed by atoms with Crippen LogP contribution < -0.4 is 4.74 Å². The van der Waals surface area contributed by atoms with Gasteiger partial charge in [0.2, 0.25) is 0 Å². The summed E-state index contributed by atoms with van der Waals surface area (Å²) in [4.78, 5) is 4.17. The van der Waals surface area contributed by atoms with Crippen LogP contribution in [0.25, 0.3) is 5.57 Å². The molecular weight excluding hydrogens is 394 g/mol. The first kappa shape index (κ1) is 22.9. The van der Waals surface area contributed by atoms with Crippen molar-refractivity contribution in [3.63, 3.8) is 0 Å². The van der Waals surface area contributed by atoms with Crippen LogP contribution in [-0.2, 0) is 5.41 Å². The molecule has 0 unspecified atom stereocenters. The van der Waals surface area contributed by atoms with Gasteiger partial charge in [0.1, 0.15) is 17.1 Å². The molecule has 0 amide bonds. The van der Waals surface area contributed by atoms with Crippen molar-refractivity contribution in [3.05, 3.63) is 59.4 Å². The molecule has 0 saturated heterocycles. The first-order valence-electron chi connectivity index (χ1n) is 12.4. The Labute approximate surface area is 193 Å². The Morgan fingerprint density at radius 2 is 1.88 bits per heavy atom. The molecule has 0 bridgehead atoms. The number of fused-ring (bicyclic) bond motifs is 3. The van der Waals surface area contributed by atoms with E-state index in [4.69, 9.17) is 4.74 Å². The van der Waals surface area contributed by atoms with Crippen LogP contribution in [0.3, 0.4) is 0 Å². The molecular formula is C29H39NO2. The largest absolute Gasteiger partial charge is 0.508 e. The second-order valence-electron chi connectivity index (χ2n) is 10.9. The van der Waals surface area contributed by atoms with Crippen LogP contribution in [0.2, 0.25) is 0 Å². The van der Waals surface area contributed by atoms with Gasteiger partial charge < -0.3 is 9.84 Å². The second kappa shape index (κ2) is 8.92. The first-order valence-corrected chi connectivity index (χ1v) is 12.4. The summed E-state index contributed by atoms with van der Waals surface area (Å²) < 4.78 is 6.59. The highest BCUT2D eigenvalue weighted by atomic mass is 16.5. The zero-order valence-corrected chi connectivity index (χ0v) is 20.4. The van der Waals surface area contributed by atoms with Gasteiger partial charge in [-0.3, -0.25) is 4.98 Å². The Balaban J connectivity index is 1.66. The summed E-state index contributed by atoms with van der Waals surface area (Å²) in [7, 11) is 0. The Morgan fingerprint density at radius 3 is 2.59 bits per heavy atom. The molecule has 0 saturated carbocycles. The van der Waals surface area contributed by atoms with Gasteiger partial charge in [-0.15, -0.1) is 0 Å². The molecule has 3 heteroatoms. The molecule has 2 heterocycles. The van der Waals surface area contributed by atoms with Crippen LogP contribution in [0.15, 0.2) is 42.7 Å². The molecule has 3 nitrogen and oxygen atoms in total. The molecule has 1 aromatic heterocycles. The third kappa shape index (κ3) is 4.44. The van der Waals surface area contributed by atoms with Crippen molar-refractivity contribution in [3.8, 4) is 11.5 Å². The fourth-order valence-corrected chi connectivity index (χ4v) is 5.73. The van der Waals surface area contributed by atoms with E-state index in [0.29, 0.717) is 11.7 Å². The summed E-state index contributed by atoms with van der Waals surface area (Å²) in [6.45, 7) is 11.3. The maximum atomic E-state index is 11.3. The van der Waals surface area contributed by atoms with Gasteiger partial charge in [-0.2, -0.15) is 0 Å². The Kier molecular flexibility index (Phi) is 6.38. The smallest absolute Gasteiger partial charge is 0.127 e. The van der Waals surface area contributed by atoms with Gasteiger partial charge in [0.25, 0.3) is 0 Å². The Hall–Kier alpha value is -2.29. The molecule has 0 spiro atoms. The molecule has 1 aliphatic heterocycles. The minimum atomic E-state index is -0.270. The molecule has 32 heavy (non-hydrogen) atoms. The number of phenols is 1. The van der Waals surface area contributed by atoms with Crippen molar-refractivity contribution < 1.29 is 9.84 Å². The topological polar surface area (TPSA) is 42.4 Å². The SMILES string of the molecule is CCCCCCC(C)(C)c1cc(O)c2c(c1)OC(C)(C)[C@@H]1CC=C(c3ccncc3)C[C@@H]21. The van der Waals surface area contributed by atoms with Gasteiger partial charge in [0, 0.05) is 29.8 Å². The number of ether oxygens (including phenoxy) is 1. The normalized spacial score (nSPS) is 21.8. The van der Waals surface area contributed by atoms with Gasteiger partial charge in [-0.05, 0) is 79.5 Å². The lowest BCUT2D eigenvalue weighted by Gasteiger charge is -2.47. The molecule has 1 aromatic carbocycles. The quantitative estimate of drug-likeness (QED) is 0.453. The number of nitrogens with zero attached hydrogens (tertiary/aromatic N) is 1. The number of phenolic OH excluding ortho intramolecular Hbond substituents is 1. The number of hydrogen-bond donors (Lipinski definition) is 1. The van der Waals surface area contributed by atoms with E-state index < -0.39 is 0 Å². The van der Waals surface area contributed by atoms with Crippen molar-refractivity contribution in [1.82, 2.24) is 4.98 Å². The van der Waals surface area contributed by atoms with Crippen molar-refractivity contribution in [1.29, 1.82) is 0 Å². The van der Waals surface area contributed by atoms with E-state index in [-0.39, 0.29) is 16.9 Å². The molecule has 1 N–H and O–H groups in total.